The standard InChI is InChI=1S/C8H10ClN3O3/c1-8(2,3)4-5(12(14)15)7(13)11-10-6(4)9/h1-3H3,(H,11,13). The predicted octanol–water partition coefficient (Wildman–Crippen LogP) is 1.63. The van der Waals surface area contributed by atoms with E-state index in [1.54, 1.807) is 20.8 Å². The first-order chi connectivity index (χ1) is 6.75. The summed E-state index contributed by atoms with van der Waals surface area (Å²) in [6.45, 7) is 5.17. The van der Waals surface area contributed by atoms with Gasteiger partial charge in [0.05, 0.1) is 10.5 Å². The smallest absolute Gasteiger partial charge is 0.260 e. The second-order valence-electron chi connectivity index (χ2n) is 4.07. The first-order valence-corrected chi connectivity index (χ1v) is 4.56. The third kappa shape index (κ3) is 2.15. The third-order valence-corrected chi connectivity index (χ3v) is 2.12. The van der Waals surface area contributed by atoms with Crippen molar-refractivity contribution in [1.82, 2.24) is 10.2 Å². The minimum absolute atomic E-state index is 0.0474. The molecule has 7 heteroatoms. The van der Waals surface area contributed by atoms with Crippen molar-refractivity contribution in [1.29, 1.82) is 0 Å². The molecule has 1 aromatic heterocycles. The number of H-pyrrole nitrogens is 1. The number of rotatable bonds is 1. The molecule has 0 radical (unpaired) electrons. The van der Waals surface area contributed by atoms with Gasteiger partial charge in [0.1, 0.15) is 0 Å². The topological polar surface area (TPSA) is 88.9 Å². The lowest BCUT2D eigenvalue weighted by Gasteiger charge is -2.18. The lowest BCUT2D eigenvalue weighted by Crippen LogP contribution is -2.23. The van der Waals surface area contributed by atoms with Gasteiger partial charge in [0.2, 0.25) is 0 Å². The van der Waals surface area contributed by atoms with Crippen molar-refractivity contribution in [2.45, 2.75) is 26.2 Å². The zero-order chi connectivity index (χ0) is 11.8. The summed E-state index contributed by atoms with van der Waals surface area (Å²) < 4.78 is 0. The van der Waals surface area contributed by atoms with Crippen molar-refractivity contribution in [3.8, 4) is 0 Å². The molecule has 0 unspecified atom stereocenters. The second-order valence-corrected chi connectivity index (χ2v) is 4.43. The monoisotopic (exact) mass is 231 g/mol. The van der Waals surface area contributed by atoms with Crippen LogP contribution in [-0.2, 0) is 5.41 Å². The minimum atomic E-state index is -0.839. The van der Waals surface area contributed by atoms with Crippen LogP contribution in [0.4, 0.5) is 5.69 Å². The largest absolute Gasteiger partial charge is 0.342 e. The number of nitro groups is 1. The van der Waals surface area contributed by atoms with Crippen molar-refractivity contribution in [2.24, 2.45) is 0 Å². The Labute approximate surface area is 90.4 Å². The Kier molecular flexibility index (Phi) is 2.81. The van der Waals surface area contributed by atoms with E-state index in [9.17, 15) is 14.9 Å². The van der Waals surface area contributed by atoms with Crippen LogP contribution >= 0.6 is 11.6 Å². The van der Waals surface area contributed by atoms with E-state index >= 15 is 0 Å². The predicted molar refractivity (Wildman–Crippen MR) is 55.2 cm³/mol. The van der Waals surface area contributed by atoms with E-state index in [2.05, 4.69) is 5.10 Å². The maximum absolute atomic E-state index is 11.3. The fraction of sp³-hybridized carbons (Fsp3) is 0.500. The second kappa shape index (κ2) is 3.62. The van der Waals surface area contributed by atoms with E-state index in [0.717, 1.165) is 0 Å². The molecule has 1 heterocycles. The van der Waals surface area contributed by atoms with Crippen LogP contribution in [0.1, 0.15) is 26.3 Å². The van der Waals surface area contributed by atoms with Gasteiger partial charge < -0.3 is 0 Å². The molecule has 0 amide bonds. The molecule has 1 aromatic rings. The van der Waals surface area contributed by atoms with E-state index < -0.39 is 21.6 Å². The van der Waals surface area contributed by atoms with Gasteiger partial charge in [-0.3, -0.25) is 14.9 Å². The maximum Gasteiger partial charge on any atom is 0.342 e. The number of nitrogens with zero attached hydrogens (tertiary/aromatic N) is 2. The molecule has 1 N–H and O–H groups in total. The van der Waals surface area contributed by atoms with E-state index in [0.29, 0.717) is 0 Å². The molecular formula is C8H10ClN3O3. The van der Waals surface area contributed by atoms with E-state index in [4.69, 9.17) is 11.6 Å². The lowest BCUT2D eigenvalue weighted by molar-refractivity contribution is -0.387. The van der Waals surface area contributed by atoms with Gasteiger partial charge in [-0.15, -0.1) is 0 Å². The van der Waals surface area contributed by atoms with Crippen molar-refractivity contribution < 1.29 is 4.92 Å². The van der Waals surface area contributed by atoms with E-state index in [1.165, 1.54) is 0 Å². The summed E-state index contributed by atoms with van der Waals surface area (Å²) in [6.07, 6.45) is 0. The molecule has 0 saturated carbocycles. The molecule has 15 heavy (non-hydrogen) atoms. The van der Waals surface area contributed by atoms with Crippen molar-refractivity contribution >= 4 is 17.3 Å². The molecular weight excluding hydrogens is 222 g/mol. The molecule has 0 atom stereocenters. The first kappa shape index (κ1) is 11.6. The molecule has 6 nitrogen and oxygen atoms in total. The summed E-state index contributed by atoms with van der Waals surface area (Å²) in [4.78, 5) is 21.3. The van der Waals surface area contributed by atoms with Crippen LogP contribution in [0.25, 0.3) is 0 Å². The number of halogens is 1. The van der Waals surface area contributed by atoms with Gasteiger partial charge in [-0.1, -0.05) is 32.4 Å². The highest BCUT2D eigenvalue weighted by Gasteiger charge is 2.31. The third-order valence-electron chi connectivity index (χ3n) is 1.85. The van der Waals surface area contributed by atoms with E-state index in [1.807, 2.05) is 5.10 Å². The maximum atomic E-state index is 11.3. The summed E-state index contributed by atoms with van der Waals surface area (Å²) in [7, 11) is 0. The Morgan fingerprint density at radius 3 is 2.33 bits per heavy atom. The van der Waals surface area contributed by atoms with Crippen LogP contribution in [0.5, 0.6) is 0 Å². The first-order valence-electron chi connectivity index (χ1n) is 4.18. The molecule has 82 valence electrons. The normalized spacial score (nSPS) is 11.5. The average Bonchev–Trinajstić information content (AvgIpc) is 2.05. The summed E-state index contributed by atoms with van der Waals surface area (Å²) in [5, 5.41) is 16.2. The summed E-state index contributed by atoms with van der Waals surface area (Å²) >= 11 is 5.74. The fourth-order valence-electron chi connectivity index (χ4n) is 1.26. The van der Waals surface area contributed by atoms with Gasteiger partial charge in [-0.05, 0) is 5.41 Å². The minimum Gasteiger partial charge on any atom is -0.260 e. The van der Waals surface area contributed by atoms with Crippen molar-refractivity contribution in [3.63, 3.8) is 0 Å². The van der Waals surface area contributed by atoms with Crippen LogP contribution in [0.2, 0.25) is 5.15 Å². The Balaban J connectivity index is 3.68. The summed E-state index contributed by atoms with van der Waals surface area (Å²) in [5.74, 6) is 0. The molecule has 0 fully saturated rings. The molecule has 0 spiro atoms. The Bertz CT molecular complexity index is 461. The van der Waals surface area contributed by atoms with Gasteiger partial charge in [-0.2, -0.15) is 5.10 Å². The van der Waals surface area contributed by atoms with Crippen LogP contribution in [0.15, 0.2) is 4.79 Å². The SMILES string of the molecule is CC(C)(C)c1c(Cl)n[nH]c(=O)c1[N+](=O)[O-]. The summed E-state index contributed by atoms with van der Waals surface area (Å²) in [6, 6.07) is 0. The number of aromatic nitrogens is 2. The highest BCUT2D eigenvalue weighted by Crippen LogP contribution is 2.32. The number of hydrogen-bond acceptors (Lipinski definition) is 4. The molecule has 1 rings (SSSR count). The quantitative estimate of drug-likeness (QED) is 0.588. The lowest BCUT2D eigenvalue weighted by atomic mass is 9.87. The van der Waals surface area contributed by atoms with Gasteiger partial charge >= 0.3 is 11.2 Å². The van der Waals surface area contributed by atoms with Crippen LogP contribution in [-0.4, -0.2) is 15.1 Å². The number of hydrogen-bond donors (Lipinski definition) is 1. The molecule has 0 aromatic carbocycles. The van der Waals surface area contributed by atoms with E-state index in [-0.39, 0.29) is 10.7 Å². The van der Waals surface area contributed by atoms with Gasteiger partial charge in [-0.25, -0.2) is 5.10 Å². The van der Waals surface area contributed by atoms with Crippen molar-refractivity contribution in [3.05, 3.63) is 31.2 Å². The Morgan fingerprint density at radius 1 is 1.47 bits per heavy atom. The highest BCUT2D eigenvalue weighted by atomic mass is 35.5. The van der Waals surface area contributed by atoms with Gasteiger partial charge in [0.15, 0.2) is 5.15 Å². The molecule has 0 aliphatic rings. The van der Waals surface area contributed by atoms with Crippen LogP contribution < -0.4 is 5.56 Å². The molecule has 0 aliphatic carbocycles. The average molecular weight is 232 g/mol. The molecule has 0 aliphatic heterocycles. The van der Waals surface area contributed by atoms with Crippen LogP contribution in [0.3, 0.4) is 0 Å². The highest BCUT2D eigenvalue weighted by molar-refractivity contribution is 6.30. The number of aromatic amines is 1. The van der Waals surface area contributed by atoms with Crippen LogP contribution in [0, 0.1) is 10.1 Å². The Morgan fingerprint density at radius 2 is 2.00 bits per heavy atom. The summed E-state index contributed by atoms with van der Waals surface area (Å²) in [5.41, 5.74) is -1.84. The zero-order valence-electron chi connectivity index (χ0n) is 8.50. The Hall–Kier alpha value is -1.43. The molecule has 0 bridgehead atoms. The zero-order valence-corrected chi connectivity index (χ0v) is 9.25. The fourth-order valence-corrected chi connectivity index (χ4v) is 1.67. The van der Waals surface area contributed by atoms with Crippen molar-refractivity contribution in [2.75, 3.05) is 0 Å². The van der Waals surface area contributed by atoms with Gasteiger partial charge in [0, 0.05) is 0 Å². The van der Waals surface area contributed by atoms with Gasteiger partial charge in [0.25, 0.3) is 0 Å². The number of nitrogens with one attached hydrogen (secondary N) is 1. The molecule has 0 saturated heterocycles.